The van der Waals surface area contributed by atoms with Crippen molar-refractivity contribution in [3.8, 4) is 17.0 Å². The zero-order valence-corrected chi connectivity index (χ0v) is 19.2. The molecule has 1 atom stereocenters. The van der Waals surface area contributed by atoms with Gasteiger partial charge in [0.25, 0.3) is 0 Å². The number of likely N-dealkylation sites (tertiary alicyclic amines) is 1. The van der Waals surface area contributed by atoms with Crippen LogP contribution in [0.5, 0.6) is 5.75 Å². The third-order valence-electron chi connectivity index (χ3n) is 6.00. The van der Waals surface area contributed by atoms with E-state index in [1.807, 2.05) is 37.7 Å². The zero-order chi connectivity index (χ0) is 23.0. The first kappa shape index (κ1) is 21.8. The minimum atomic E-state index is -0.413. The molecule has 3 aromatic rings. The maximum absolute atomic E-state index is 14.5. The second-order valence-electron chi connectivity index (χ2n) is 9.02. The third-order valence-corrected chi connectivity index (χ3v) is 6.00. The summed E-state index contributed by atoms with van der Waals surface area (Å²) in [5.41, 5.74) is 2.76. The molecule has 0 spiro atoms. The number of aryl methyl sites for hydroxylation is 1. The molecule has 0 bridgehead atoms. The van der Waals surface area contributed by atoms with Crippen molar-refractivity contribution in [3.63, 3.8) is 0 Å². The highest BCUT2D eigenvalue weighted by Crippen LogP contribution is 2.36. The highest BCUT2D eigenvalue weighted by molar-refractivity contribution is 5.65. The molecule has 2 aliphatic heterocycles. The SMILES string of the molecule is Cc1cnc(Nc2cnn(CC3(N4CCCC4)CO3)c2)nc1-c1ccc(OC(C)C)c(F)c1. The lowest BCUT2D eigenvalue weighted by Crippen LogP contribution is -2.40. The molecule has 1 N–H and O–H groups in total. The van der Waals surface area contributed by atoms with Crippen LogP contribution >= 0.6 is 0 Å². The Morgan fingerprint density at radius 3 is 2.73 bits per heavy atom. The zero-order valence-electron chi connectivity index (χ0n) is 19.2. The maximum atomic E-state index is 14.5. The average molecular weight is 453 g/mol. The molecule has 2 fully saturated rings. The van der Waals surface area contributed by atoms with Gasteiger partial charge in [0.1, 0.15) is 0 Å². The molecule has 1 aromatic carbocycles. The van der Waals surface area contributed by atoms with Crippen LogP contribution in [0.4, 0.5) is 16.0 Å². The second kappa shape index (κ2) is 8.72. The van der Waals surface area contributed by atoms with E-state index in [9.17, 15) is 4.39 Å². The van der Waals surface area contributed by atoms with Gasteiger partial charge in [0.2, 0.25) is 5.95 Å². The molecule has 174 valence electrons. The topological polar surface area (TPSA) is 80.6 Å². The lowest BCUT2D eigenvalue weighted by Gasteiger charge is -2.23. The van der Waals surface area contributed by atoms with Gasteiger partial charge in [-0.2, -0.15) is 5.10 Å². The Morgan fingerprint density at radius 1 is 1.24 bits per heavy atom. The fraction of sp³-hybridized carbons (Fsp3) is 0.458. The molecule has 0 saturated carbocycles. The molecule has 0 aliphatic carbocycles. The van der Waals surface area contributed by atoms with Crippen LogP contribution in [0, 0.1) is 12.7 Å². The van der Waals surface area contributed by atoms with Gasteiger partial charge in [-0.05, 0) is 57.4 Å². The van der Waals surface area contributed by atoms with E-state index < -0.39 is 5.82 Å². The number of rotatable bonds is 8. The summed E-state index contributed by atoms with van der Waals surface area (Å²) in [7, 11) is 0. The van der Waals surface area contributed by atoms with Crippen molar-refractivity contribution in [3.05, 3.63) is 48.2 Å². The molecular weight excluding hydrogens is 423 g/mol. The van der Waals surface area contributed by atoms with Crippen LogP contribution in [0.25, 0.3) is 11.3 Å². The predicted octanol–water partition coefficient (Wildman–Crippen LogP) is 4.14. The van der Waals surface area contributed by atoms with Crippen molar-refractivity contribution in [1.29, 1.82) is 0 Å². The minimum Gasteiger partial charge on any atom is -0.488 e. The summed E-state index contributed by atoms with van der Waals surface area (Å²) in [5.74, 6) is 0.247. The summed E-state index contributed by atoms with van der Waals surface area (Å²) in [6.07, 6.45) is 7.76. The van der Waals surface area contributed by atoms with E-state index in [0.717, 1.165) is 30.9 Å². The first-order chi connectivity index (χ1) is 15.9. The molecule has 0 amide bonds. The fourth-order valence-electron chi connectivity index (χ4n) is 4.27. The van der Waals surface area contributed by atoms with E-state index >= 15 is 0 Å². The van der Waals surface area contributed by atoms with Crippen LogP contribution in [0.3, 0.4) is 0 Å². The molecule has 1 unspecified atom stereocenters. The number of hydrogen-bond donors (Lipinski definition) is 1. The second-order valence-corrected chi connectivity index (χ2v) is 9.02. The summed E-state index contributed by atoms with van der Waals surface area (Å²) < 4.78 is 27.7. The van der Waals surface area contributed by atoms with Crippen LogP contribution in [0.15, 0.2) is 36.8 Å². The molecule has 8 nitrogen and oxygen atoms in total. The van der Waals surface area contributed by atoms with Gasteiger partial charge in [-0.15, -0.1) is 0 Å². The van der Waals surface area contributed by atoms with Crippen molar-refractivity contribution in [2.24, 2.45) is 0 Å². The molecule has 2 saturated heterocycles. The monoisotopic (exact) mass is 452 g/mol. The number of ether oxygens (including phenoxy) is 2. The van der Waals surface area contributed by atoms with Crippen molar-refractivity contribution < 1.29 is 13.9 Å². The van der Waals surface area contributed by atoms with Gasteiger partial charge in [-0.3, -0.25) is 9.58 Å². The Morgan fingerprint density at radius 2 is 2.03 bits per heavy atom. The lowest BCUT2D eigenvalue weighted by atomic mass is 10.1. The molecule has 2 aliphatic rings. The predicted molar refractivity (Wildman–Crippen MR) is 123 cm³/mol. The van der Waals surface area contributed by atoms with Crippen molar-refractivity contribution in [2.75, 3.05) is 25.0 Å². The standard InChI is InChI=1S/C24H29FN6O2/c1-16(2)33-21-7-6-18(10-20(21)25)22-17(3)11-26-23(29-22)28-19-12-27-31(13-19)14-24(15-32-24)30-8-4-5-9-30/h6-7,10-13,16H,4-5,8-9,14-15H2,1-3H3,(H,26,28,29). The van der Waals surface area contributed by atoms with Gasteiger partial charge in [0, 0.05) is 31.0 Å². The van der Waals surface area contributed by atoms with Crippen LogP contribution in [0.1, 0.15) is 32.3 Å². The van der Waals surface area contributed by atoms with Crippen molar-refractivity contribution in [1.82, 2.24) is 24.6 Å². The molecule has 2 aromatic heterocycles. The fourth-order valence-corrected chi connectivity index (χ4v) is 4.27. The van der Waals surface area contributed by atoms with Crippen LogP contribution in [0.2, 0.25) is 0 Å². The first-order valence-electron chi connectivity index (χ1n) is 11.4. The van der Waals surface area contributed by atoms with Gasteiger partial charge in [0.15, 0.2) is 17.3 Å². The molecule has 0 radical (unpaired) electrons. The number of halogens is 1. The number of hydrogen-bond acceptors (Lipinski definition) is 7. The normalized spacial score (nSPS) is 20.4. The van der Waals surface area contributed by atoms with Gasteiger partial charge in [-0.25, -0.2) is 14.4 Å². The van der Waals surface area contributed by atoms with Gasteiger partial charge >= 0.3 is 0 Å². The summed E-state index contributed by atoms with van der Waals surface area (Å²) in [5, 5.41) is 7.69. The Labute approximate surface area is 192 Å². The number of aromatic nitrogens is 4. The van der Waals surface area contributed by atoms with E-state index in [4.69, 9.17) is 9.47 Å². The van der Waals surface area contributed by atoms with E-state index in [-0.39, 0.29) is 17.6 Å². The van der Waals surface area contributed by atoms with E-state index in [1.54, 1.807) is 18.5 Å². The summed E-state index contributed by atoms with van der Waals surface area (Å²) in [6, 6.07) is 4.90. The molecule has 33 heavy (non-hydrogen) atoms. The quantitative estimate of drug-likeness (QED) is 0.515. The smallest absolute Gasteiger partial charge is 0.227 e. The van der Waals surface area contributed by atoms with Gasteiger partial charge in [-0.1, -0.05) is 0 Å². The highest BCUT2D eigenvalue weighted by Gasteiger charge is 2.51. The number of epoxide rings is 1. The molecule has 9 heteroatoms. The largest absolute Gasteiger partial charge is 0.488 e. The van der Waals surface area contributed by atoms with Crippen molar-refractivity contribution >= 4 is 11.6 Å². The van der Waals surface area contributed by atoms with Crippen LogP contribution in [-0.4, -0.2) is 56.2 Å². The summed E-state index contributed by atoms with van der Waals surface area (Å²) in [4.78, 5) is 11.4. The lowest BCUT2D eigenvalue weighted by molar-refractivity contribution is 0.0818. The Bertz CT molecular complexity index is 1140. The summed E-state index contributed by atoms with van der Waals surface area (Å²) >= 11 is 0. The number of benzene rings is 1. The molecule has 4 heterocycles. The average Bonchev–Trinajstić information content (AvgIpc) is 3.15. The van der Waals surface area contributed by atoms with Crippen LogP contribution < -0.4 is 10.1 Å². The van der Waals surface area contributed by atoms with E-state index in [1.165, 1.54) is 18.9 Å². The number of nitrogens with zero attached hydrogens (tertiary/aromatic N) is 5. The first-order valence-corrected chi connectivity index (χ1v) is 11.4. The number of anilines is 2. The maximum Gasteiger partial charge on any atom is 0.227 e. The van der Waals surface area contributed by atoms with E-state index in [2.05, 4.69) is 25.3 Å². The van der Waals surface area contributed by atoms with Crippen LogP contribution in [-0.2, 0) is 11.3 Å². The molecule has 5 rings (SSSR count). The summed E-state index contributed by atoms with van der Waals surface area (Å²) in [6.45, 7) is 9.24. The third kappa shape index (κ3) is 4.69. The highest BCUT2D eigenvalue weighted by atomic mass is 19.1. The Hall–Kier alpha value is -3.04. The molecular formula is C24H29FN6O2. The number of nitrogens with one attached hydrogen (secondary N) is 1. The Balaban J connectivity index is 1.31. The van der Waals surface area contributed by atoms with Gasteiger partial charge < -0.3 is 14.8 Å². The van der Waals surface area contributed by atoms with Crippen molar-refractivity contribution in [2.45, 2.75) is 52.0 Å². The van der Waals surface area contributed by atoms with Gasteiger partial charge in [0.05, 0.1) is 36.8 Å². The minimum absolute atomic E-state index is 0.0976. The van der Waals surface area contributed by atoms with E-state index in [0.29, 0.717) is 23.8 Å². The Kier molecular flexibility index (Phi) is 5.76.